The largest absolute Gasteiger partial charge is 0.497 e. The lowest BCUT2D eigenvalue weighted by Crippen LogP contribution is -2.01. The molecule has 1 N–H and O–H groups in total. The van der Waals surface area contributed by atoms with E-state index in [0.717, 1.165) is 11.3 Å². The summed E-state index contributed by atoms with van der Waals surface area (Å²) in [6.07, 6.45) is 0.156. The Balaban J connectivity index is 2.57. The van der Waals surface area contributed by atoms with Crippen LogP contribution in [0.25, 0.3) is 0 Å². The van der Waals surface area contributed by atoms with E-state index in [0.29, 0.717) is 13.0 Å². The van der Waals surface area contributed by atoms with Gasteiger partial charge < -0.3 is 14.6 Å². The number of hydrogen-bond acceptors (Lipinski definition) is 3. The maximum absolute atomic E-state index is 9.69. The molecule has 0 saturated carbocycles. The molecule has 0 aromatic heterocycles. The first-order valence-electron chi connectivity index (χ1n) is 4.59. The van der Waals surface area contributed by atoms with Gasteiger partial charge in [-0.3, -0.25) is 0 Å². The molecule has 1 rings (SSSR count). The van der Waals surface area contributed by atoms with Crippen LogP contribution in [0.4, 0.5) is 0 Å². The van der Waals surface area contributed by atoms with E-state index in [1.165, 1.54) is 0 Å². The minimum absolute atomic E-state index is 0.458. The Bertz CT molecular complexity index is 256. The van der Waals surface area contributed by atoms with Crippen molar-refractivity contribution in [2.75, 3.05) is 20.8 Å². The fraction of sp³-hybridized carbons (Fsp3) is 0.455. The Kier molecular flexibility index (Phi) is 4.43. The van der Waals surface area contributed by atoms with Crippen LogP contribution in [0.2, 0.25) is 0 Å². The van der Waals surface area contributed by atoms with Gasteiger partial charge in [0.2, 0.25) is 0 Å². The minimum atomic E-state index is -0.458. The molecular formula is C11H16O3. The average molecular weight is 196 g/mol. The second kappa shape index (κ2) is 5.62. The molecule has 14 heavy (non-hydrogen) atoms. The van der Waals surface area contributed by atoms with E-state index in [9.17, 15) is 5.11 Å². The zero-order valence-electron chi connectivity index (χ0n) is 8.56. The number of methoxy groups -OCH3 is 2. The van der Waals surface area contributed by atoms with Crippen molar-refractivity contribution >= 4 is 0 Å². The SMILES string of the molecule is COCCC(O)c1ccc(OC)cc1. The van der Waals surface area contributed by atoms with Gasteiger partial charge in [-0.25, -0.2) is 0 Å². The van der Waals surface area contributed by atoms with Crippen molar-refractivity contribution in [3.05, 3.63) is 29.8 Å². The van der Waals surface area contributed by atoms with Crippen LogP contribution in [-0.4, -0.2) is 25.9 Å². The third-order valence-corrected chi connectivity index (χ3v) is 2.10. The molecule has 0 fully saturated rings. The quantitative estimate of drug-likeness (QED) is 0.780. The molecule has 0 radical (unpaired) electrons. The zero-order valence-corrected chi connectivity index (χ0v) is 8.56. The molecule has 0 heterocycles. The maximum atomic E-state index is 9.69. The summed E-state index contributed by atoms with van der Waals surface area (Å²) in [5, 5.41) is 9.69. The molecule has 0 saturated heterocycles. The summed E-state index contributed by atoms with van der Waals surface area (Å²) in [4.78, 5) is 0. The van der Waals surface area contributed by atoms with Crippen molar-refractivity contribution in [2.24, 2.45) is 0 Å². The van der Waals surface area contributed by atoms with Crippen molar-refractivity contribution in [2.45, 2.75) is 12.5 Å². The molecule has 3 heteroatoms. The highest BCUT2D eigenvalue weighted by molar-refractivity contribution is 5.28. The van der Waals surface area contributed by atoms with Crippen molar-refractivity contribution < 1.29 is 14.6 Å². The van der Waals surface area contributed by atoms with Crippen LogP contribution in [0.15, 0.2) is 24.3 Å². The Hall–Kier alpha value is -1.06. The second-order valence-corrected chi connectivity index (χ2v) is 3.07. The lowest BCUT2D eigenvalue weighted by molar-refractivity contribution is 0.110. The number of aliphatic hydroxyl groups is 1. The van der Waals surface area contributed by atoms with Gasteiger partial charge in [0.25, 0.3) is 0 Å². The fourth-order valence-electron chi connectivity index (χ4n) is 1.22. The third kappa shape index (κ3) is 3.01. The van der Waals surface area contributed by atoms with Crippen LogP contribution in [0.3, 0.4) is 0 Å². The van der Waals surface area contributed by atoms with Gasteiger partial charge in [0, 0.05) is 20.1 Å². The number of aliphatic hydroxyl groups excluding tert-OH is 1. The smallest absolute Gasteiger partial charge is 0.118 e. The lowest BCUT2D eigenvalue weighted by atomic mass is 10.1. The second-order valence-electron chi connectivity index (χ2n) is 3.07. The Labute approximate surface area is 84.3 Å². The molecule has 1 aromatic carbocycles. The van der Waals surface area contributed by atoms with E-state index < -0.39 is 6.10 Å². The van der Waals surface area contributed by atoms with Gasteiger partial charge >= 0.3 is 0 Å². The minimum Gasteiger partial charge on any atom is -0.497 e. The van der Waals surface area contributed by atoms with Gasteiger partial charge in [-0.15, -0.1) is 0 Å². The molecule has 0 aliphatic carbocycles. The highest BCUT2D eigenvalue weighted by Crippen LogP contribution is 2.19. The van der Waals surface area contributed by atoms with Gasteiger partial charge in [-0.05, 0) is 17.7 Å². The summed E-state index contributed by atoms with van der Waals surface area (Å²) in [5.74, 6) is 0.799. The van der Waals surface area contributed by atoms with Crippen molar-refractivity contribution in [1.29, 1.82) is 0 Å². The normalized spacial score (nSPS) is 12.5. The van der Waals surface area contributed by atoms with Crippen molar-refractivity contribution in [3.8, 4) is 5.75 Å². The molecule has 78 valence electrons. The molecule has 3 nitrogen and oxygen atoms in total. The number of rotatable bonds is 5. The fourth-order valence-corrected chi connectivity index (χ4v) is 1.22. The van der Waals surface area contributed by atoms with Crippen LogP contribution < -0.4 is 4.74 Å². The topological polar surface area (TPSA) is 38.7 Å². The van der Waals surface area contributed by atoms with E-state index in [4.69, 9.17) is 9.47 Å². The highest BCUT2D eigenvalue weighted by atomic mass is 16.5. The summed E-state index contributed by atoms with van der Waals surface area (Å²) in [7, 11) is 3.25. The average Bonchev–Trinajstić information content (AvgIpc) is 2.26. The first-order valence-corrected chi connectivity index (χ1v) is 4.59. The summed E-state index contributed by atoms with van der Waals surface area (Å²) >= 11 is 0. The Morgan fingerprint density at radius 3 is 2.36 bits per heavy atom. The van der Waals surface area contributed by atoms with Crippen LogP contribution >= 0.6 is 0 Å². The molecule has 0 amide bonds. The molecule has 0 aliphatic heterocycles. The molecule has 1 atom stereocenters. The van der Waals surface area contributed by atoms with Gasteiger partial charge in [-0.1, -0.05) is 12.1 Å². The molecule has 1 unspecified atom stereocenters. The summed E-state index contributed by atoms with van der Waals surface area (Å²) in [6, 6.07) is 7.40. The predicted octanol–water partition coefficient (Wildman–Crippen LogP) is 1.77. The molecular weight excluding hydrogens is 180 g/mol. The Morgan fingerprint density at radius 1 is 1.21 bits per heavy atom. The summed E-state index contributed by atoms with van der Waals surface area (Å²) in [6.45, 7) is 0.563. The van der Waals surface area contributed by atoms with E-state index in [2.05, 4.69) is 0 Å². The monoisotopic (exact) mass is 196 g/mol. The molecule has 0 bridgehead atoms. The van der Waals surface area contributed by atoms with Crippen molar-refractivity contribution in [3.63, 3.8) is 0 Å². The summed E-state index contributed by atoms with van der Waals surface area (Å²) in [5.41, 5.74) is 0.892. The van der Waals surface area contributed by atoms with Crippen LogP contribution in [0, 0.1) is 0 Å². The Morgan fingerprint density at radius 2 is 1.86 bits per heavy atom. The maximum Gasteiger partial charge on any atom is 0.118 e. The van der Waals surface area contributed by atoms with E-state index >= 15 is 0 Å². The highest BCUT2D eigenvalue weighted by Gasteiger charge is 2.06. The van der Waals surface area contributed by atoms with Gasteiger partial charge in [0.05, 0.1) is 13.2 Å². The summed E-state index contributed by atoms with van der Waals surface area (Å²) < 4.78 is 9.92. The number of hydrogen-bond donors (Lipinski definition) is 1. The van der Waals surface area contributed by atoms with Crippen LogP contribution in [0.5, 0.6) is 5.75 Å². The van der Waals surface area contributed by atoms with Crippen LogP contribution in [-0.2, 0) is 4.74 Å². The number of benzene rings is 1. The van der Waals surface area contributed by atoms with E-state index in [1.54, 1.807) is 14.2 Å². The van der Waals surface area contributed by atoms with Gasteiger partial charge in [-0.2, -0.15) is 0 Å². The first-order chi connectivity index (χ1) is 6.77. The van der Waals surface area contributed by atoms with Crippen LogP contribution in [0.1, 0.15) is 18.1 Å². The van der Waals surface area contributed by atoms with Gasteiger partial charge in [0.15, 0.2) is 0 Å². The zero-order chi connectivity index (χ0) is 10.4. The first kappa shape index (κ1) is 11.0. The standard InChI is InChI=1S/C11H16O3/c1-13-8-7-11(12)9-3-5-10(14-2)6-4-9/h3-6,11-12H,7-8H2,1-2H3. The van der Waals surface area contributed by atoms with Crippen molar-refractivity contribution in [1.82, 2.24) is 0 Å². The third-order valence-electron chi connectivity index (χ3n) is 2.10. The number of ether oxygens (including phenoxy) is 2. The molecule has 0 spiro atoms. The van der Waals surface area contributed by atoms with Gasteiger partial charge in [0.1, 0.15) is 5.75 Å². The lowest BCUT2D eigenvalue weighted by Gasteiger charge is -2.10. The van der Waals surface area contributed by atoms with E-state index in [1.807, 2.05) is 24.3 Å². The predicted molar refractivity (Wildman–Crippen MR) is 54.4 cm³/mol. The van der Waals surface area contributed by atoms with E-state index in [-0.39, 0.29) is 0 Å². The molecule has 0 aliphatic rings. The molecule has 1 aromatic rings.